The molecule has 0 aromatic heterocycles. The van der Waals surface area contributed by atoms with Crippen LogP contribution >= 0.6 is 0 Å². The predicted octanol–water partition coefficient (Wildman–Crippen LogP) is 2.24. The van der Waals surface area contributed by atoms with Gasteiger partial charge in [-0.1, -0.05) is 13.8 Å². The molecule has 1 rings (SSSR count). The molecule has 15 heavy (non-hydrogen) atoms. The first-order chi connectivity index (χ1) is 6.92. The maximum atomic E-state index is 11.8. The van der Waals surface area contributed by atoms with Crippen LogP contribution in [-0.4, -0.2) is 17.6 Å². The summed E-state index contributed by atoms with van der Waals surface area (Å²) in [4.78, 5) is 11.8. The van der Waals surface area contributed by atoms with Crippen molar-refractivity contribution in [3.05, 3.63) is 0 Å². The first-order valence-corrected chi connectivity index (χ1v) is 5.92. The number of hydrogen-bond acceptors (Lipinski definition) is 3. The Morgan fingerprint density at radius 2 is 2.00 bits per heavy atom. The highest BCUT2D eigenvalue weighted by Gasteiger charge is 2.33. The highest BCUT2D eigenvalue weighted by molar-refractivity contribution is 5.80. The van der Waals surface area contributed by atoms with Crippen molar-refractivity contribution in [2.24, 2.45) is 11.7 Å². The van der Waals surface area contributed by atoms with Gasteiger partial charge in [0.25, 0.3) is 0 Å². The van der Waals surface area contributed by atoms with E-state index < -0.39 is 5.54 Å². The molecule has 0 amide bonds. The highest BCUT2D eigenvalue weighted by atomic mass is 16.5. The van der Waals surface area contributed by atoms with Crippen LogP contribution in [0.5, 0.6) is 0 Å². The van der Waals surface area contributed by atoms with Crippen LogP contribution in [0, 0.1) is 5.92 Å². The van der Waals surface area contributed by atoms with Crippen LogP contribution in [0.1, 0.15) is 52.9 Å². The van der Waals surface area contributed by atoms with E-state index in [1.165, 1.54) is 12.8 Å². The molecule has 0 heterocycles. The van der Waals surface area contributed by atoms with Gasteiger partial charge < -0.3 is 10.5 Å². The van der Waals surface area contributed by atoms with Crippen molar-refractivity contribution in [1.82, 2.24) is 0 Å². The maximum absolute atomic E-state index is 11.8. The van der Waals surface area contributed by atoms with Gasteiger partial charge in [-0.2, -0.15) is 0 Å². The van der Waals surface area contributed by atoms with Crippen molar-refractivity contribution < 1.29 is 9.53 Å². The second kappa shape index (κ2) is 4.97. The fraction of sp³-hybridized carbons (Fsp3) is 0.917. The Morgan fingerprint density at radius 3 is 2.47 bits per heavy atom. The van der Waals surface area contributed by atoms with E-state index in [1.54, 1.807) is 6.92 Å². The zero-order valence-corrected chi connectivity index (χ0v) is 10.1. The molecule has 0 spiro atoms. The van der Waals surface area contributed by atoms with Crippen LogP contribution in [0.2, 0.25) is 0 Å². The summed E-state index contributed by atoms with van der Waals surface area (Å²) in [6.07, 6.45) is 5.14. The topological polar surface area (TPSA) is 52.3 Å². The van der Waals surface area contributed by atoms with Crippen LogP contribution in [0.15, 0.2) is 0 Å². The fourth-order valence-corrected chi connectivity index (χ4v) is 2.22. The van der Waals surface area contributed by atoms with Gasteiger partial charge in [0.15, 0.2) is 0 Å². The van der Waals surface area contributed by atoms with E-state index in [-0.39, 0.29) is 12.1 Å². The average molecular weight is 213 g/mol. The van der Waals surface area contributed by atoms with Crippen molar-refractivity contribution in [3.63, 3.8) is 0 Å². The number of carbonyl (C=O) groups is 1. The summed E-state index contributed by atoms with van der Waals surface area (Å²) in [5.41, 5.74) is 5.14. The van der Waals surface area contributed by atoms with Gasteiger partial charge in [-0.05, 0) is 44.9 Å². The van der Waals surface area contributed by atoms with Crippen molar-refractivity contribution in [2.45, 2.75) is 64.5 Å². The van der Waals surface area contributed by atoms with E-state index in [1.807, 2.05) is 0 Å². The van der Waals surface area contributed by atoms with Crippen molar-refractivity contribution in [3.8, 4) is 0 Å². The van der Waals surface area contributed by atoms with Crippen LogP contribution in [0.4, 0.5) is 0 Å². The molecule has 0 radical (unpaired) electrons. The molecule has 0 bridgehead atoms. The summed E-state index contributed by atoms with van der Waals surface area (Å²) in [6.45, 7) is 5.90. The molecule has 0 saturated heterocycles. The number of ether oxygens (including phenoxy) is 1. The summed E-state index contributed by atoms with van der Waals surface area (Å²) in [7, 11) is 0. The lowest BCUT2D eigenvalue weighted by Gasteiger charge is -2.26. The third kappa shape index (κ3) is 3.82. The fourth-order valence-electron chi connectivity index (χ4n) is 2.22. The quantitative estimate of drug-likeness (QED) is 0.729. The van der Waals surface area contributed by atoms with Crippen molar-refractivity contribution >= 4 is 5.97 Å². The van der Waals surface area contributed by atoms with Crippen LogP contribution in [0.3, 0.4) is 0 Å². The monoisotopic (exact) mass is 213 g/mol. The van der Waals surface area contributed by atoms with Gasteiger partial charge in [-0.25, -0.2) is 0 Å². The third-order valence-electron chi connectivity index (χ3n) is 2.87. The molecule has 1 fully saturated rings. The Kier molecular flexibility index (Phi) is 4.14. The molecule has 1 aliphatic rings. The van der Waals surface area contributed by atoms with E-state index in [0.29, 0.717) is 12.3 Å². The van der Waals surface area contributed by atoms with Gasteiger partial charge in [0.2, 0.25) is 0 Å². The molecule has 1 aliphatic carbocycles. The second-order valence-electron chi connectivity index (χ2n) is 5.33. The average Bonchev–Trinajstić information content (AvgIpc) is 2.54. The SMILES string of the molecule is CC(C)C[C@@](C)(N)C(=O)OC1CCCC1. The first kappa shape index (κ1) is 12.5. The number of nitrogens with two attached hydrogens (primary N) is 1. The van der Waals surface area contributed by atoms with Crippen molar-refractivity contribution in [2.75, 3.05) is 0 Å². The number of hydrogen-bond donors (Lipinski definition) is 1. The molecule has 1 saturated carbocycles. The molecule has 0 aromatic rings. The van der Waals surface area contributed by atoms with E-state index in [9.17, 15) is 4.79 Å². The third-order valence-corrected chi connectivity index (χ3v) is 2.87. The summed E-state index contributed by atoms with van der Waals surface area (Å²) in [6, 6.07) is 0. The molecule has 3 nitrogen and oxygen atoms in total. The predicted molar refractivity (Wildman–Crippen MR) is 60.4 cm³/mol. The normalized spacial score (nSPS) is 21.7. The molecule has 88 valence electrons. The van der Waals surface area contributed by atoms with Gasteiger partial charge >= 0.3 is 5.97 Å². The summed E-state index contributed by atoms with van der Waals surface area (Å²) in [5.74, 6) is 0.180. The lowest BCUT2D eigenvalue weighted by atomic mass is 9.92. The van der Waals surface area contributed by atoms with Crippen LogP contribution < -0.4 is 5.73 Å². The number of carbonyl (C=O) groups excluding carboxylic acids is 1. The van der Waals surface area contributed by atoms with Crippen LogP contribution in [-0.2, 0) is 9.53 Å². The summed E-state index contributed by atoms with van der Waals surface area (Å²) >= 11 is 0. The molecule has 0 aliphatic heterocycles. The Hall–Kier alpha value is -0.570. The van der Waals surface area contributed by atoms with Gasteiger partial charge in [0, 0.05) is 0 Å². The van der Waals surface area contributed by atoms with E-state index in [0.717, 1.165) is 12.8 Å². The molecule has 0 unspecified atom stereocenters. The number of rotatable bonds is 4. The summed E-state index contributed by atoms with van der Waals surface area (Å²) < 4.78 is 5.41. The maximum Gasteiger partial charge on any atom is 0.326 e. The van der Waals surface area contributed by atoms with Crippen LogP contribution in [0.25, 0.3) is 0 Å². The minimum absolute atomic E-state index is 0.118. The molecule has 2 N–H and O–H groups in total. The smallest absolute Gasteiger partial charge is 0.326 e. The second-order valence-corrected chi connectivity index (χ2v) is 5.33. The molecular formula is C12H23NO2. The lowest BCUT2D eigenvalue weighted by molar-refractivity contribution is -0.155. The molecule has 0 aromatic carbocycles. The first-order valence-electron chi connectivity index (χ1n) is 5.92. The van der Waals surface area contributed by atoms with E-state index >= 15 is 0 Å². The van der Waals surface area contributed by atoms with Gasteiger partial charge in [0.05, 0.1) is 0 Å². The van der Waals surface area contributed by atoms with Gasteiger partial charge in [0.1, 0.15) is 11.6 Å². The molecule has 3 heteroatoms. The van der Waals surface area contributed by atoms with E-state index in [2.05, 4.69) is 13.8 Å². The Balaban J connectivity index is 2.43. The lowest BCUT2D eigenvalue weighted by Crippen LogP contribution is -2.48. The highest BCUT2D eigenvalue weighted by Crippen LogP contribution is 2.24. The summed E-state index contributed by atoms with van der Waals surface area (Å²) in [5, 5.41) is 0. The Labute approximate surface area is 92.4 Å². The van der Waals surface area contributed by atoms with Gasteiger partial charge in [-0.3, -0.25) is 4.79 Å². The van der Waals surface area contributed by atoms with E-state index in [4.69, 9.17) is 10.5 Å². The van der Waals surface area contributed by atoms with Gasteiger partial charge in [-0.15, -0.1) is 0 Å². The minimum atomic E-state index is -0.823. The minimum Gasteiger partial charge on any atom is -0.461 e. The Morgan fingerprint density at radius 1 is 1.47 bits per heavy atom. The molecule has 1 atom stereocenters. The number of esters is 1. The zero-order valence-electron chi connectivity index (χ0n) is 10.1. The molecular weight excluding hydrogens is 190 g/mol. The standard InChI is InChI=1S/C12H23NO2/c1-9(2)8-12(3,13)11(14)15-10-6-4-5-7-10/h9-10H,4-8,13H2,1-3H3/t12-/m1/s1. The largest absolute Gasteiger partial charge is 0.461 e. The Bertz CT molecular complexity index is 218. The van der Waals surface area contributed by atoms with Crippen molar-refractivity contribution in [1.29, 1.82) is 0 Å². The zero-order chi connectivity index (χ0) is 11.5.